The van der Waals surface area contributed by atoms with Gasteiger partial charge in [-0.05, 0) is 84.3 Å². The highest BCUT2D eigenvalue weighted by molar-refractivity contribution is 6.16. The van der Waals surface area contributed by atoms with Crippen molar-refractivity contribution in [2.45, 2.75) is 46.5 Å². The summed E-state index contributed by atoms with van der Waals surface area (Å²) in [5, 5.41) is 0. The third-order valence-electron chi connectivity index (χ3n) is 11.3. The van der Waals surface area contributed by atoms with E-state index in [0.717, 1.165) is 74.9 Å². The lowest BCUT2D eigenvalue weighted by molar-refractivity contribution is 0.775. The molecule has 7 heteroatoms. The molecule has 9 rings (SSSR count). The zero-order valence-electron chi connectivity index (χ0n) is 35.4. The smallest absolute Gasteiger partial charge is 0.166 e. The van der Waals surface area contributed by atoms with E-state index in [2.05, 4.69) is 177 Å². The number of nitrogens with zero attached hydrogens (tertiary/aromatic N) is 7. The molecule has 61 heavy (non-hydrogen) atoms. The van der Waals surface area contributed by atoms with Gasteiger partial charge in [0, 0.05) is 40.6 Å². The summed E-state index contributed by atoms with van der Waals surface area (Å²) in [4.78, 5) is 28.6. The van der Waals surface area contributed by atoms with Crippen LogP contribution in [0.3, 0.4) is 0 Å². The first-order valence-corrected chi connectivity index (χ1v) is 21.2. The summed E-state index contributed by atoms with van der Waals surface area (Å²) in [5.41, 5.74) is 12.2. The second-order valence-corrected chi connectivity index (χ2v) is 15.9. The summed E-state index contributed by atoms with van der Waals surface area (Å²) < 4.78 is 2.30. The van der Waals surface area contributed by atoms with Gasteiger partial charge in [-0.25, -0.2) is 19.9 Å². The van der Waals surface area contributed by atoms with Gasteiger partial charge in [0.15, 0.2) is 17.5 Å². The molecule has 0 radical (unpaired) electrons. The van der Waals surface area contributed by atoms with Crippen LogP contribution in [0, 0.1) is 5.92 Å². The van der Waals surface area contributed by atoms with Crippen molar-refractivity contribution in [2.24, 2.45) is 10.9 Å². The van der Waals surface area contributed by atoms with Crippen molar-refractivity contribution in [1.82, 2.24) is 24.5 Å². The fraction of sp³-hybridized carbons (Fsp3) is 0.167. The lowest BCUT2D eigenvalue weighted by atomic mass is 9.89. The number of allylic oxidation sites excluding steroid dienone is 4. The summed E-state index contributed by atoms with van der Waals surface area (Å²) in [6, 6.07) is 54.3. The second-order valence-electron chi connectivity index (χ2n) is 15.9. The number of imidazole rings is 1. The minimum absolute atomic E-state index is 0.288. The highest BCUT2D eigenvalue weighted by atomic mass is 15.2. The van der Waals surface area contributed by atoms with Crippen molar-refractivity contribution >= 4 is 33.8 Å². The first kappa shape index (κ1) is 39.2. The number of benzene rings is 6. The highest BCUT2D eigenvalue weighted by Gasteiger charge is 2.27. The first-order chi connectivity index (χ1) is 29.9. The molecule has 0 unspecified atom stereocenters. The molecule has 0 spiro atoms. The number of rotatable bonds is 10. The standard InChI is InChI=1S/C54H49N7/c1-36(2)40-26-12-14-28-42(40)53(55-5)60(39-24-10-7-11-25-39)47-33-19-16-30-44(47)51-57-50(38-22-8-6-9-23-38)58-52(59-51)45-31-17-20-34-48(45)61-49-35-21-18-32-46(49)56-54(61)43-29-15-13-27-41(43)37(3)4/h6-12,14,16-37H,13,15H2,1-5H3/b55-53-. The molecule has 1 aliphatic carbocycles. The number of hydrogen-bond acceptors (Lipinski definition) is 5. The predicted octanol–water partition coefficient (Wildman–Crippen LogP) is 13.3. The van der Waals surface area contributed by atoms with Crippen molar-refractivity contribution in [3.8, 4) is 39.9 Å². The Labute approximate surface area is 358 Å². The molecular weight excluding hydrogens is 747 g/mol. The van der Waals surface area contributed by atoms with Crippen molar-refractivity contribution < 1.29 is 0 Å². The number of aliphatic imine (C=N–C) groups is 1. The average molecular weight is 796 g/mol. The van der Waals surface area contributed by atoms with Crippen LogP contribution in [0.5, 0.6) is 0 Å². The van der Waals surface area contributed by atoms with E-state index in [0.29, 0.717) is 23.4 Å². The molecule has 300 valence electrons. The normalized spacial score (nSPS) is 13.1. The summed E-state index contributed by atoms with van der Waals surface area (Å²) >= 11 is 0. The van der Waals surface area contributed by atoms with Gasteiger partial charge in [0.25, 0.3) is 0 Å². The first-order valence-electron chi connectivity index (χ1n) is 21.2. The Kier molecular flexibility index (Phi) is 11.0. The van der Waals surface area contributed by atoms with Crippen molar-refractivity contribution in [3.05, 3.63) is 192 Å². The Morgan fingerprint density at radius 3 is 1.93 bits per heavy atom. The number of fused-ring (bicyclic) bond motifs is 1. The molecule has 0 saturated carbocycles. The molecule has 2 heterocycles. The zero-order chi connectivity index (χ0) is 41.9. The Hall–Kier alpha value is -7.25. The monoisotopic (exact) mass is 795 g/mol. The third-order valence-corrected chi connectivity index (χ3v) is 11.3. The summed E-state index contributed by atoms with van der Waals surface area (Å²) in [7, 11) is 1.87. The van der Waals surface area contributed by atoms with Crippen LogP contribution in [0.1, 0.15) is 63.4 Å². The van der Waals surface area contributed by atoms with Crippen LogP contribution in [0.15, 0.2) is 180 Å². The molecule has 7 nitrogen and oxygen atoms in total. The molecule has 6 aromatic carbocycles. The van der Waals surface area contributed by atoms with E-state index in [1.54, 1.807) is 0 Å². The van der Waals surface area contributed by atoms with Gasteiger partial charge < -0.3 is 0 Å². The Bertz CT molecular complexity index is 2940. The summed E-state index contributed by atoms with van der Waals surface area (Å²) in [5.74, 6) is 4.09. The van der Waals surface area contributed by atoms with Crippen LogP contribution in [0.4, 0.5) is 11.4 Å². The largest absolute Gasteiger partial charge is 0.294 e. The number of amidine groups is 1. The predicted molar refractivity (Wildman–Crippen MR) is 252 cm³/mol. The molecule has 0 amide bonds. The average Bonchev–Trinajstić information content (AvgIpc) is 3.70. The quantitative estimate of drug-likeness (QED) is 0.102. The van der Waals surface area contributed by atoms with E-state index < -0.39 is 0 Å². The fourth-order valence-corrected chi connectivity index (χ4v) is 8.46. The summed E-state index contributed by atoms with van der Waals surface area (Å²) in [6.07, 6.45) is 6.74. The molecule has 8 aromatic rings. The van der Waals surface area contributed by atoms with Gasteiger partial charge in [0.2, 0.25) is 0 Å². The van der Waals surface area contributed by atoms with E-state index in [9.17, 15) is 0 Å². The highest BCUT2D eigenvalue weighted by Crippen LogP contribution is 2.40. The molecule has 0 fully saturated rings. The molecule has 0 saturated heterocycles. The molecule has 0 aliphatic heterocycles. The van der Waals surface area contributed by atoms with E-state index in [4.69, 9.17) is 24.9 Å². The van der Waals surface area contributed by atoms with E-state index >= 15 is 0 Å². The topological polar surface area (TPSA) is 72.1 Å². The Morgan fingerprint density at radius 2 is 1.18 bits per heavy atom. The maximum atomic E-state index is 5.43. The second kappa shape index (κ2) is 17.2. The van der Waals surface area contributed by atoms with Gasteiger partial charge in [-0.3, -0.25) is 14.5 Å². The minimum Gasteiger partial charge on any atom is -0.294 e. The number of para-hydroxylation sites is 5. The number of aromatic nitrogens is 5. The van der Waals surface area contributed by atoms with Crippen LogP contribution in [-0.2, 0) is 0 Å². The maximum absolute atomic E-state index is 5.43. The number of hydrogen-bond donors (Lipinski definition) is 0. The molecule has 0 bridgehead atoms. The van der Waals surface area contributed by atoms with Crippen molar-refractivity contribution in [1.29, 1.82) is 0 Å². The van der Waals surface area contributed by atoms with Gasteiger partial charge >= 0.3 is 0 Å². The lowest BCUT2D eigenvalue weighted by Gasteiger charge is -2.30. The molecule has 2 aromatic heterocycles. The zero-order valence-corrected chi connectivity index (χ0v) is 35.4. The SMILES string of the molecule is C/N=C(/c1ccccc1C(C)C)N(c1ccccc1)c1ccccc1-c1nc(-c2ccccc2)nc(-c2ccccc2-n2c(C3=CCCC=C3C(C)C)nc3ccccc32)n1. The van der Waals surface area contributed by atoms with Crippen LogP contribution in [0.2, 0.25) is 0 Å². The molecule has 1 aliphatic rings. The molecular formula is C54H49N7. The Balaban J connectivity index is 1.28. The van der Waals surface area contributed by atoms with Crippen LogP contribution >= 0.6 is 0 Å². The Morgan fingerprint density at radius 1 is 0.574 bits per heavy atom. The van der Waals surface area contributed by atoms with Crippen LogP contribution in [-0.4, -0.2) is 37.4 Å². The van der Waals surface area contributed by atoms with Crippen molar-refractivity contribution in [2.75, 3.05) is 11.9 Å². The lowest BCUT2D eigenvalue weighted by Crippen LogP contribution is -2.29. The minimum atomic E-state index is 0.288. The van der Waals surface area contributed by atoms with Gasteiger partial charge in [0.1, 0.15) is 11.7 Å². The van der Waals surface area contributed by atoms with Crippen LogP contribution < -0.4 is 4.90 Å². The van der Waals surface area contributed by atoms with Gasteiger partial charge in [0.05, 0.1) is 22.4 Å². The maximum Gasteiger partial charge on any atom is 0.166 e. The number of anilines is 2. The van der Waals surface area contributed by atoms with Gasteiger partial charge in [-0.15, -0.1) is 0 Å². The van der Waals surface area contributed by atoms with E-state index in [-0.39, 0.29) is 5.92 Å². The van der Waals surface area contributed by atoms with Crippen LogP contribution in [0.25, 0.3) is 56.5 Å². The summed E-state index contributed by atoms with van der Waals surface area (Å²) in [6.45, 7) is 8.98. The van der Waals surface area contributed by atoms with Crippen molar-refractivity contribution in [3.63, 3.8) is 0 Å². The van der Waals surface area contributed by atoms with Gasteiger partial charge in [-0.1, -0.05) is 149 Å². The third kappa shape index (κ3) is 7.59. The van der Waals surface area contributed by atoms with E-state index in [1.807, 2.05) is 37.4 Å². The van der Waals surface area contributed by atoms with E-state index in [1.165, 1.54) is 16.7 Å². The van der Waals surface area contributed by atoms with Gasteiger partial charge in [-0.2, -0.15) is 0 Å². The fourth-order valence-electron chi connectivity index (χ4n) is 8.46. The molecule has 0 atom stereocenters. The molecule has 0 N–H and O–H groups in total.